The third-order valence-corrected chi connectivity index (χ3v) is 3.45. The Kier molecular flexibility index (Phi) is 4.29. The molecule has 108 valence electrons. The number of nitro benzene ring substituents is 1. The maximum absolute atomic E-state index is 12.1. The van der Waals surface area contributed by atoms with Crippen LogP contribution in [0.4, 0.5) is 10.7 Å². The summed E-state index contributed by atoms with van der Waals surface area (Å²) in [6.45, 7) is 0. The second kappa shape index (κ2) is 6.14. The van der Waals surface area contributed by atoms with Gasteiger partial charge in [0.1, 0.15) is 5.00 Å². The minimum Gasteiger partial charge on any atom is -0.465 e. The average Bonchev–Trinajstić information content (AvgIpc) is 2.94. The van der Waals surface area contributed by atoms with Crippen molar-refractivity contribution >= 4 is 33.9 Å². The molecule has 0 radical (unpaired) electrons. The van der Waals surface area contributed by atoms with Gasteiger partial charge >= 0.3 is 5.97 Å². The third kappa shape index (κ3) is 3.23. The molecular formula is C13H10N2O5S. The summed E-state index contributed by atoms with van der Waals surface area (Å²) in [6.07, 6.45) is 0. The fourth-order valence-electron chi connectivity index (χ4n) is 1.61. The Hall–Kier alpha value is -2.74. The minimum absolute atomic E-state index is 0.133. The van der Waals surface area contributed by atoms with Gasteiger partial charge in [-0.25, -0.2) is 4.79 Å². The number of thiophene rings is 1. The zero-order valence-electron chi connectivity index (χ0n) is 10.9. The Morgan fingerprint density at radius 3 is 2.76 bits per heavy atom. The van der Waals surface area contributed by atoms with Crippen molar-refractivity contribution in [2.45, 2.75) is 0 Å². The molecule has 0 unspecified atom stereocenters. The van der Waals surface area contributed by atoms with Crippen molar-refractivity contribution in [1.29, 1.82) is 0 Å². The monoisotopic (exact) mass is 306 g/mol. The van der Waals surface area contributed by atoms with E-state index < -0.39 is 16.8 Å². The van der Waals surface area contributed by atoms with E-state index in [1.807, 2.05) is 0 Å². The number of hydrogen-bond donors (Lipinski definition) is 1. The molecule has 0 saturated carbocycles. The molecule has 0 spiro atoms. The Bertz CT molecular complexity index is 710. The molecular weight excluding hydrogens is 296 g/mol. The summed E-state index contributed by atoms with van der Waals surface area (Å²) in [5.74, 6) is -1.10. The number of methoxy groups -OCH3 is 1. The molecule has 0 aliphatic rings. The van der Waals surface area contributed by atoms with Gasteiger partial charge in [-0.15, -0.1) is 11.3 Å². The zero-order chi connectivity index (χ0) is 15.4. The molecule has 1 amide bonds. The molecule has 0 fully saturated rings. The van der Waals surface area contributed by atoms with E-state index in [0.29, 0.717) is 5.00 Å². The van der Waals surface area contributed by atoms with Gasteiger partial charge in [-0.3, -0.25) is 14.9 Å². The maximum Gasteiger partial charge on any atom is 0.340 e. The van der Waals surface area contributed by atoms with Crippen LogP contribution in [-0.2, 0) is 4.74 Å². The van der Waals surface area contributed by atoms with Crippen LogP contribution in [0.1, 0.15) is 20.7 Å². The number of nitro groups is 1. The molecule has 7 nitrogen and oxygen atoms in total. The minimum atomic E-state index is -0.582. The standard InChI is InChI=1S/C13H10N2O5S/c1-20-13(17)10-5-6-21-12(10)14-11(16)8-3-2-4-9(7-8)15(18)19/h2-7H,1H3,(H,14,16). The summed E-state index contributed by atoms with van der Waals surface area (Å²) in [6, 6.07) is 6.86. The van der Waals surface area contributed by atoms with Gasteiger partial charge in [0.15, 0.2) is 0 Å². The topological polar surface area (TPSA) is 98.5 Å². The number of benzene rings is 1. The number of amides is 1. The second-order valence-electron chi connectivity index (χ2n) is 3.92. The lowest BCUT2D eigenvalue weighted by molar-refractivity contribution is -0.384. The summed E-state index contributed by atoms with van der Waals surface area (Å²) in [4.78, 5) is 33.7. The lowest BCUT2D eigenvalue weighted by Gasteiger charge is -2.05. The van der Waals surface area contributed by atoms with E-state index in [1.165, 1.54) is 37.4 Å². The molecule has 0 bridgehead atoms. The molecule has 1 aromatic heterocycles. The van der Waals surface area contributed by atoms with Crippen LogP contribution >= 0.6 is 11.3 Å². The first kappa shape index (κ1) is 14.7. The molecule has 2 aromatic rings. The van der Waals surface area contributed by atoms with E-state index in [0.717, 1.165) is 11.3 Å². The largest absolute Gasteiger partial charge is 0.465 e. The molecule has 0 aliphatic carbocycles. The van der Waals surface area contributed by atoms with Crippen LogP contribution < -0.4 is 5.32 Å². The number of hydrogen-bond acceptors (Lipinski definition) is 6. The summed E-state index contributed by atoms with van der Waals surface area (Å²) in [5.41, 5.74) is 0.191. The lowest BCUT2D eigenvalue weighted by Crippen LogP contribution is -2.13. The number of ether oxygens (including phenoxy) is 1. The first-order valence-electron chi connectivity index (χ1n) is 5.74. The van der Waals surface area contributed by atoms with Gasteiger partial charge in [-0.05, 0) is 17.5 Å². The van der Waals surface area contributed by atoms with Crippen molar-refractivity contribution in [3.63, 3.8) is 0 Å². The molecule has 0 atom stereocenters. The fourth-order valence-corrected chi connectivity index (χ4v) is 2.38. The third-order valence-electron chi connectivity index (χ3n) is 2.62. The van der Waals surface area contributed by atoms with E-state index in [9.17, 15) is 19.7 Å². The normalized spacial score (nSPS) is 9.95. The summed E-state index contributed by atoms with van der Waals surface area (Å²) in [5, 5.41) is 15.2. The van der Waals surface area contributed by atoms with Crippen molar-refractivity contribution < 1.29 is 19.2 Å². The van der Waals surface area contributed by atoms with Gasteiger partial charge in [0.2, 0.25) is 0 Å². The van der Waals surface area contributed by atoms with Crippen molar-refractivity contribution in [2.75, 3.05) is 12.4 Å². The number of nitrogens with one attached hydrogen (secondary N) is 1. The Balaban J connectivity index is 2.23. The lowest BCUT2D eigenvalue weighted by atomic mass is 10.2. The van der Waals surface area contributed by atoms with Crippen molar-refractivity contribution in [3.05, 3.63) is 57.0 Å². The van der Waals surface area contributed by atoms with Crippen LogP contribution in [0.2, 0.25) is 0 Å². The van der Waals surface area contributed by atoms with Gasteiger partial charge in [-0.2, -0.15) is 0 Å². The summed E-state index contributed by atoms with van der Waals surface area (Å²) < 4.78 is 4.60. The number of anilines is 1. The first-order valence-corrected chi connectivity index (χ1v) is 6.62. The zero-order valence-corrected chi connectivity index (χ0v) is 11.7. The summed E-state index contributed by atoms with van der Waals surface area (Å²) >= 11 is 1.16. The predicted molar refractivity (Wildman–Crippen MR) is 76.7 cm³/mol. The number of rotatable bonds is 4. The van der Waals surface area contributed by atoms with Gasteiger partial charge in [0, 0.05) is 17.7 Å². The first-order chi connectivity index (χ1) is 10.0. The SMILES string of the molecule is COC(=O)c1ccsc1NC(=O)c1cccc([N+](=O)[O-])c1. The maximum atomic E-state index is 12.1. The molecule has 1 heterocycles. The number of esters is 1. The molecule has 2 rings (SSSR count). The van der Waals surface area contributed by atoms with Gasteiger partial charge in [-0.1, -0.05) is 6.07 Å². The van der Waals surface area contributed by atoms with Crippen molar-refractivity contribution in [1.82, 2.24) is 0 Å². The van der Waals surface area contributed by atoms with Gasteiger partial charge in [0.25, 0.3) is 11.6 Å². The van der Waals surface area contributed by atoms with Crippen LogP contribution in [0.15, 0.2) is 35.7 Å². The number of carbonyl (C=O) groups excluding carboxylic acids is 2. The van der Waals surface area contributed by atoms with E-state index in [2.05, 4.69) is 10.1 Å². The van der Waals surface area contributed by atoms with E-state index in [-0.39, 0.29) is 16.8 Å². The van der Waals surface area contributed by atoms with E-state index >= 15 is 0 Å². The van der Waals surface area contributed by atoms with Gasteiger partial charge in [0.05, 0.1) is 17.6 Å². The fraction of sp³-hybridized carbons (Fsp3) is 0.0769. The molecule has 8 heteroatoms. The highest BCUT2D eigenvalue weighted by atomic mass is 32.1. The highest BCUT2D eigenvalue weighted by Crippen LogP contribution is 2.25. The Morgan fingerprint density at radius 1 is 1.33 bits per heavy atom. The van der Waals surface area contributed by atoms with Crippen LogP contribution in [0, 0.1) is 10.1 Å². The molecule has 21 heavy (non-hydrogen) atoms. The van der Waals surface area contributed by atoms with E-state index in [1.54, 1.807) is 5.38 Å². The smallest absolute Gasteiger partial charge is 0.340 e. The molecule has 0 aliphatic heterocycles. The number of nitrogens with zero attached hydrogens (tertiary/aromatic N) is 1. The average molecular weight is 306 g/mol. The van der Waals surface area contributed by atoms with Crippen molar-refractivity contribution in [3.8, 4) is 0 Å². The number of carbonyl (C=O) groups is 2. The highest BCUT2D eigenvalue weighted by Gasteiger charge is 2.17. The van der Waals surface area contributed by atoms with Crippen LogP contribution in [0.5, 0.6) is 0 Å². The highest BCUT2D eigenvalue weighted by molar-refractivity contribution is 7.14. The van der Waals surface area contributed by atoms with Gasteiger partial charge < -0.3 is 10.1 Å². The molecule has 0 saturated heterocycles. The summed E-state index contributed by atoms with van der Waals surface area (Å²) in [7, 11) is 1.24. The Morgan fingerprint density at radius 2 is 2.10 bits per heavy atom. The van der Waals surface area contributed by atoms with Crippen LogP contribution in [-0.4, -0.2) is 23.9 Å². The van der Waals surface area contributed by atoms with Crippen LogP contribution in [0.25, 0.3) is 0 Å². The Labute approximate surface area is 123 Å². The second-order valence-corrected chi connectivity index (χ2v) is 4.83. The number of non-ortho nitro benzene ring substituents is 1. The predicted octanol–water partition coefficient (Wildman–Crippen LogP) is 2.70. The van der Waals surface area contributed by atoms with Crippen molar-refractivity contribution in [2.24, 2.45) is 0 Å². The molecule has 1 aromatic carbocycles. The van der Waals surface area contributed by atoms with Crippen LogP contribution in [0.3, 0.4) is 0 Å². The molecule has 1 N–H and O–H groups in total. The van der Waals surface area contributed by atoms with E-state index in [4.69, 9.17) is 0 Å². The quantitative estimate of drug-likeness (QED) is 0.532.